The van der Waals surface area contributed by atoms with Gasteiger partial charge in [-0.15, -0.1) is 0 Å². The topological polar surface area (TPSA) is 103 Å². The molecule has 1 aliphatic heterocycles. The standard InChI is InChI=1S/C26H31N9O/c1-27-21-9-7-19(8-10-21)16-23(24(36)34(2)3)32-26-30-18-29-25(33-26)31-22-6-4-5-20(15-22)17-35-13-11-28-12-14-35/h4-10,15,18,23,28H,11-14,16-17H2,2-3H3,(H2,29,30,31,32,33)/t23-/m0/s1. The summed E-state index contributed by atoms with van der Waals surface area (Å²) in [5.74, 6) is 0.603. The lowest BCUT2D eigenvalue weighted by molar-refractivity contribution is -0.129. The molecule has 186 valence electrons. The Morgan fingerprint density at radius 2 is 1.86 bits per heavy atom. The highest BCUT2D eigenvalue weighted by atomic mass is 16.2. The maximum absolute atomic E-state index is 12.9. The molecule has 2 aromatic carbocycles. The highest BCUT2D eigenvalue weighted by Gasteiger charge is 2.22. The van der Waals surface area contributed by atoms with Gasteiger partial charge in [-0.2, -0.15) is 4.98 Å². The van der Waals surface area contributed by atoms with E-state index < -0.39 is 6.04 Å². The van der Waals surface area contributed by atoms with Crippen LogP contribution in [0.1, 0.15) is 11.1 Å². The van der Waals surface area contributed by atoms with Crippen LogP contribution < -0.4 is 16.0 Å². The van der Waals surface area contributed by atoms with E-state index in [0.717, 1.165) is 44.0 Å². The molecule has 3 aromatic rings. The van der Waals surface area contributed by atoms with Gasteiger partial charge in [-0.1, -0.05) is 36.4 Å². The zero-order chi connectivity index (χ0) is 25.3. The number of piperazine rings is 1. The molecule has 10 heteroatoms. The van der Waals surface area contributed by atoms with Gasteiger partial charge < -0.3 is 20.9 Å². The van der Waals surface area contributed by atoms with Crippen molar-refractivity contribution in [3.63, 3.8) is 0 Å². The first kappa shape index (κ1) is 25.0. The quantitative estimate of drug-likeness (QED) is 0.398. The number of aromatic nitrogens is 3. The van der Waals surface area contributed by atoms with Crippen molar-refractivity contribution in [1.82, 2.24) is 30.1 Å². The number of anilines is 3. The Balaban J connectivity index is 1.45. The molecule has 36 heavy (non-hydrogen) atoms. The fourth-order valence-corrected chi connectivity index (χ4v) is 4.04. The van der Waals surface area contributed by atoms with Crippen LogP contribution in [0.25, 0.3) is 4.85 Å². The molecule has 1 aliphatic rings. The Morgan fingerprint density at radius 1 is 1.11 bits per heavy atom. The van der Waals surface area contributed by atoms with Crippen molar-refractivity contribution < 1.29 is 4.79 Å². The molecule has 0 bridgehead atoms. The molecule has 0 saturated carbocycles. The Morgan fingerprint density at radius 3 is 2.58 bits per heavy atom. The normalized spacial score (nSPS) is 14.5. The van der Waals surface area contributed by atoms with Crippen LogP contribution >= 0.6 is 0 Å². The minimum atomic E-state index is -0.573. The summed E-state index contributed by atoms with van der Waals surface area (Å²) in [5.41, 5.74) is 3.60. The van der Waals surface area contributed by atoms with E-state index in [1.54, 1.807) is 26.2 Å². The molecule has 3 N–H and O–H groups in total. The summed E-state index contributed by atoms with van der Waals surface area (Å²) in [5, 5.41) is 9.79. The number of rotatable bonds is 9. The van der Waals surface area contributed by atoms with E-state index in [-0.39, 0.29) is 5.91 Å². The molecule has 1 atom stereocenters. The maximum atomic E-state index is 12.9. The first-order valence-electron chi connectivity index (χ1n) is 11.9. The number of nitrogens with zero attached hydrogens (tertiary/aromatic N) is 6. The lowest BCUT2D eigenvalue weighted by atomic mass is 10.0. The van der Waals surface area contributed by atoms with Gasteiger partial charge in [0.05, 0.1) is 6.57 Å². The van der Waals surface area contributed by atoms with Crippen molar-refractivity contribution in [3.8, 4) is 0 Å². The van der Waals surface area contributed by atoms with Crippen LogP contribution in [0.2, 0.25) is 0 Å². The minimum Gasteiger partial charge on any atom is -0.347 e. The Labute approximate surface area is 211 Å². The van der Waals surface area contributed by atoms with Crippen molar-refractivity contribution >= 4 is 29.2 Å². The van der Waals surface area contributed by atoms with E-state index in [2.05, 4.69) is 52.8 Å². The highest BCUT2D eigenvalue weighted by molar-refractivity contribution is 5.84. The number of hydrogen-bond acceptors (Lipinski definition) is 8. The van der Waals surface area contributed by atoms with E-state index in [9.17, 15) is 4.79 Å². The molecule has 10 nitrogen and oxygen atoms in total. The first-order valence-corrected chi connectivity index (χ1v) is 11.9. The average Bonchev–Trinajstić information content (AvgIpc) is 2.89. The van der Waals surface area contributed by atoms with Crippen molar-refractivity contribution in [2.75, 3.05) is 50.9 Å². The van der Waals surface area contributed by atoms with Crippen LogP contribution in [0.3, 0.4) is 0 Å². The van der Waals surface area contributed by atoms with E-state index in [0.29, 0.717) is 24.0 Å². The fraction of sp³-hybridized carbons (Fsp3) is 0.346. The predicted molar refractivity (Wildman–Crippen MR) is 140 cm³/mol. The largest absolute Gasteiger partial charge is 0.347 e. The molecular weight excluding hydrogens is 454 g/mol. The monoisotopic (exact) mass is 485 g/mol. The number of carbonyl (C=O) groups excluding carboxylic acids is 1. The molecule has 0 radical (unpaired) electrons. The summed E-state index contributed by atoms with van der Waals surface area (Å²) in [7, 11) is 3.43. The van der Waals surface area contributed by atoms with Gasteiger partial charge >= 0.3 is 0 Å². The van der Waals surface area contributed by atoms with Crippen LogP contribution in [-0.4, -0.2) is 77.0 Å². The number of hydrogen-bond donors (Lipinski definition) is 3. The number of amides is 1. The Kier molecular flexibility index (Phi) is 8.39. The molecule has 1 aromatic heterocycles. The van der Waals surface area contributed by atoms with Gasteiger partial charge in [0.1, 0.15) is 12.4 Å². The summed E-state index contributed by atoms with van der Waals surface area (Å²) in [4.78, 5) is 33.2. The van der Waals surface area contributed by atoms with Gasteiger partial charge in [0.25, 0.3) is 0 Å². The second kappa shape index (κ2) is 12.1. The van der Waals surface area contributed by atoms with Crippen LogP contribution in [0.15, 0.2) is 54.9 Å². The van der Waals surface area contributed by atoms with Crippen molar-refractivity contribution in [3.05, 3.63) is 77.4 Å². The van der Waals surface area contributed by atoms with Crippen LogP contribution in [0, 0.1) is 6.57 Å². The van der Waals surface area contributed by atoms with Crippen LogP contribution in [-0.2, 0) is 17.8 Å². The van der Waals surface area contributed by atoms with Crippen molar-refractivity contribution in [1.29, 1.82) is 0 Å². The summed E-state index contributed by atoms with van der Waals surface area (Å²) in [6.45, 7) is 12.1. The third kappa shape index (κ3) is 6.97. The first-order chi connectivity index (χ1) is 17.5. The highest BCUT2D eigenvalue weighted by Crippen LogP contribution is 2.18. The SMILES string of the molecule is [C-]#[N+]c1ccc(C[C@H](Nc2ncnc(Nc3cccc(CN4CCNCC4)c3)n2)C(=O)N(C)C)cc1. The molecule has 0 spiro atoms. The predicted octanol–water partition coefficient (Wildman–Crippen LogP) is 2.68. The molecule has 1 amide bonds. The summed E-state index contributed by atoms with van der Waals surface area (Å²) >= 11 is 0. The van der Waals surface area contributed by atoms with E-state index in [4.69, 9.17) is 6.57 Å². The van der Waals surface area contributed by atoms with Gasteiger partial charge in [0.15, 0.2) is 5.69 Å². The molecule has 2 heterocycles. The molecule has 0 aliphatic carbocycles. The smallest absolute Gasteiger partial charge is 0.244 e. The van der Waals surface area contributed by atoms with E-state index in [1.807, 2.05) is 24.3 Å². The third-order valence-corrected chi connectivity index (χ3v) is 5.92. The summed E-state index contributed by atoms with van der Waals surface area (Å²) in [6, 6.07) is 14.9. The zero-order valence-corrected chi connectivity index (χ0v) is 20.6. The average molecular weight is 486 g/mol. The van der Waals surface area contributed by atoms with E-state index >= 15 is 0 Å². The lowest BCUT2D eigenvalue weighted by Gasteiger charge is -2.27. The lowest BCUT2D eigenvalue weighted by Crippen LogP contribution is -2.42. The Hall–Kier alpha value is -4.07. The number of benzene rings is 2. The second-order valence-electron chi connectivity index (χ2n) is 8.90. The number of nitrogens with one attached hydrogen (secondary N) is 3. The van der Waals surface area contributed by atoms with Crippen molar-refractivity contribution in [2.45, 2.75) is 19.0 Å². The van der Waals surface area contributed by atoms with E-state index in [1.165, 1.54) is 16.8 Å². The molecule has 1 saturated heterocycles. The van der Waals surface area contributed by atoms with Gasteiger partial charge in [-0.25, -0.2) is 14.8 Å². The third-order valence-electron chi connectivity index (χ3n) is 5.92. The Bertz CT molecular complexity index is 1200. The second-order valence-corrected chi connectivity index (χ2v) is 8.90. The van der Waals surface area contributed by atoms with Gasteiger partial charge in [-0.3, -0.25) is 9.69 Å². The summed E-state index contributed by atoms with van der Waals surface area (Å²) in [6.07, 6.45) is 1.85. The van der Waals surface area contributed by atoms with Crippen LogP contribution in [0.4, 0.5) is 23.3 Å². The number of carbonyl (C=O) groups is 1. The van der Waals surface area contributed by atoms with Gasteiger partial charge in [-0.05, 0) is 23.3 Å². The molecular formula is C26H31N9O. The summed E-state index contributed by atoms with van der Waals surface area (Å²) < 4.78 is 0. The van der Waals surface area contributed by atoms with Crippen molar-refractivity contribution in [2.24, 2.45) is 0 Å². The molecule has 0 unspecified atom stereocenters. The van der Waals surface area contributed by atoms with Crippen LogP contribution in [0.5, 0.6) is 0 Å². The fourth-order valence-electron chi connectivity index (χ4n) is 4.04. The zero-order valence-electron chi connectivity index (χ0n) is 20.6. The minimum absolute atomic E-state index is 0.0974. The van der Waals surface area contributed by atoms with Gasteiger partial charge in [0.2, 0.25) is 17.8 Å². The molecule has 1 fully saturated rings. The number of likely N-dealkylation sites (N-methyl/N-ethyl adjacent to an activating group) is 1. The van der Waals surface area contributed by atoms with Gasteiger partial charge in [0, 0.05) is 58.9 Å². The molecule has 4 rings (SSSR count). The maximum Gasteiger partial charge on any atom is 0.244 e.